The number of amides is 2. The van der Waals surface area contributed by atoms with Crippen LogP contribution < -0.4 is 10.6 Å². The molecule has 2 aromatic carbocycles. The minimum absolute atomic E-state index is 0.212. The number of hydrogen-bond donors (Lipinski definition) is 1. The molecule has 2 N–H and O–H groups in total. The molecule has 0 saturated carbocycles. The van der Waals surface area contributed by atoms with E-state index in [0.29, 0.717) is 12.1 Å². The number of carbonyl (C=O) groups excluding carboxylic acids is 2. The summed E-state index contributed by atoms with van der Waals surface area (Å²) in [5.41, 5.74) is 6.37. The third-order valence-electron chi connectivity index (χ3n) is 3.94. The maximum Gasteiger partial charge on any atom is 0.262 e. The Labute approximate surface area is 167 Å². The summed E-state index contributed by atoms with van der Waals surface area (Å²) in [7, 11) is 0. The number of nitriles is 1. The molecule has 1 saturated heterocycles. The summed E-state index contributed by atoms with van der Waals surface area (Å²) >= 11 is 4.45. The van der Waals surface area contributed by atoms with E-state index in [4.69, 9.17) is 5.73 Å². The van der Waals surface area contributed by atoms with Gasteiger partial charge in [-0.1, -0.05) is 39.8 Å². The second-order valence-electron chi connectivity index (χ2n) is 5.74. The summed E-state index contributed by atoms with van der Waals surface area (Å²) in [6, 6.07) is 14.6. The number of primary amides is 1. The van der Waals surface area contributed by atoms with E-state index in [-0.39, 0.29) is 22.3 Å². The number of anilines is 1. The second-order valence-corrected chi connectivity index (χ2v) is 7.85. The van der Waals surface area contributed by atoms with Crippen LogP contribution in [0.3, 0.4) is 0 Å². The lowest BCUT2D eigenvalue weighted by molar-refractivity contribution is -0.117. The third kappa shape index (κ3) is 4.04. The van der Waals surface area contributed by atoms with Gasteiger partial charge in [-0.2, -0.15) is 5.26 Å². The van der Waals surface area contributed by atoms with Gasteiger partial charge in [-0.3, -0.25) is 14.5 Å². The number of carbonyl (C=O) groups is 2. The normalized spacial score (nSPS) is 18.3. The Bertz CT molecular complexity index is 968. The van der Waals surface area contributed by atoms with Crippen molar-refractivity contribution in [2.24, 2.45) is 5.73 Å². The van der Waals surface area contributed by atoms with Crippen molar-refractivity contribution in [2.75, 3.05) is 4.90 Å². The Kier molecular flexibility index (Phi) is 5.63. The maximum atomic E-state index is 13.1. The fourth-order valence-corrected chi connectivity index (χ4v) is 4.24. The number of thioether (sulfide) groups is 1. The molecule has 1 aliphatic rings. The van der Waals surface area contributed by atoms with Gasteiger partial charge in [-0.25, -0.2) is 4.39 Å². The molecule has 1 heterocycles. The van der Waals surface area contributed by atoms with Crippen molar-refractivity contribution in [3.63, 3.8) is 0 Å². The van der Waals surface area contributed by atoms with Gasteiger partial charge < -0.3 is 5.73 Å². The standard InChI is InChI=1S/C19H13BrFN3O2S/c20-12-3-7-14(8-4-12)24-18(26)16(9-11-1-5-13(21)6-2-11)27-19(24)15(10-22)17(23)25/h1-8,16H,9H2,(H2,23,25)/b19-15-. The van der Waals surface area contributed by atoms with Crippen LogP contribution in [0.1, 0.15) is 5.56 Å². The van der Waals surface area contributed by atoms with Gasteiger partial charge >= 0.3 is 0 Å². The van der Waals surface area contributed by atoms with Crippen LogP contribution in [0.2, 0.25) is 0 Å². The van der Waals surface area contributed by atoms with Crippen LogP contribution in [0.5, 0.6) is 0 Å². The Balaban J connectivity index is 2.01. The van der Waals surface area contributed by atoms with Crippen molar-refractivity contribution in [3.05, 3.63) is 75.0 Å². The fraction of sp³-hybridized carbons (Fsp3) is 0.105. The van der Waals surface area contributed by atoms with Gasteiger partial charge in [0.1, 0.15) is 22.5 Å². The Morgan fingerprint density at radius 2 is 1.85 bits per heavy atom. The average molecular weight is 446 g/mol. The number of nitrogens with two attached hydrogens (primary N) is 1. The lowest BCUT2D eigenvalue weighted by Gasteiger charge is -2.18. The van der Waals surface area contributed by atoms with Crippen LogP contribution in [-0.4, -0.2) is 17.1 Å². The van der Waals surface area contributed by atoms with E-state index in [1.165, 1.54) is 17.0 Å². The highest BCUT2D eigenvalue weighted by Crippen LogP contribution is 2.42. The Morgan fingerprint density at radius 3 is 2.41 bits per heavy atom. The van der Waals surface area contributed by atoms with Gasteiger partial charge in [-0.05, 0) is 48.4 Å². The van der Waals surface area contributed by atoms with E-state index >= 15 is 0 Å². The molecule has 2 aromatic rings. The van der Waals surface area contributed by atoms with Gasteiger partial charge in [-0.15, -0.1) is 0 Å². The third-order valence-corrected chi connectivity index (χ3v) is 5.74. The van der Waals surface area contributed by atoms with Gasteiger partial charge in [0.2, 0.25) is 5.91 Å². The molecule has 27 heavy (non-hydrogen) atoms. The quantitative estimate of drug-likeness (QED) is 0.576. The van der Waals surface area contributed by atoms with E-state index < -0.39 is 11.2 Å². The summed E-state index contributed by atoms with van der Waals surface area (Å²) < 4.78 is 13.9. The first-order valence-corrected chi connectivity index (χ1v) is 9.53. The lowest BCUT2D eigenvalue weighted by Crippen LogP contribution is -2.31. The average Bonchev–Trinajstić information content (AvgIpc) is 2.94. The topological polar surface area (TPSA) is 87.2 Å². The summed E-state index contributed by atoms with van der Waals surface area (Å²) in [5, 5.41) is 9.00. The van der Waals surface area contributed by atoms with Gasteiger partial charge in [0.15, 0.2) is 0 Å². The zero-order valence-corrected chi connectivity index (χ0v) is 16.3. The molecule has 1 atom stereocenters. The van der Waals surface area contributed by atoms with E-state index in [0.717, 1.165) is 21.8 Å². The lowest BCUT2D eigenvalue weighted by atomic mass is 10.1. The predicted octanol–water partition coefficient (Wildman–Crippen LogP) is 3.50. The summed E-state index contributed by atoms with van der Waals surface area (Å²) in [6.45, 7) is 0. The number of hydrogen-bond acceptors (Lipinski definition) is 4. The molecule has 5 nitrogen and oxygen atoms in total. The monoisotopic (exact) mass is 445 g/mol. The number of benzene rings is 2. The molecule has 0 aromatic heterocycles. The number of halogens is 2. The Hall–Kier alpha value is -2.63. The van der Waals surface area contributed by atoms with Crippen LogP contribution in [0, 0.1) is 17.1 Å². The fourth-order valence-electron chi connectivity index (χ4n) is 2.66. The number of nitrogens with zero attached hydrogens (tertiary/aromatic N) is 2. The van der Waals surface area contributed by atoms with Crippen molar-refractivity contribution < 1.29 is 14.0 Å². The molecule has 3 rings (SSSR count). The smallest absolute Gasteiger partial charge is 0.262 e. The second kappa shape index (κ2) is 7.94. The van der Waals surface area contributed by atoms with Gasteiger partial charge in [0.05, 0.1) is 5.25 Å². The summed E-state index contributed by atoms with van der Waals surface area (Å²) in [5.74, 6) is -1.52. The Morgan fingerprint density at radius 1 is 1.22 bits per heavy atom. The van der Waals surface area contributed by atoms with Crippen LogP contribution in [0.15, 0.2) is 63.6 Å². The van der Waals surface area contributed by atoms with Crippen LogP contribution in [0.4, 0.5) is 10.1 Å². The predicted molar refractivity (Wildman–Crippen MR) is 105 cm³/mol. The summed E-state index contributed by atoms with van der Waals surface area (Å²) in [4.78, 5) is 26.1. The molecule has 1 fully saturated rings. The highest BCUT2D eigenvalue weighted by Gasteiger charge is 2.40. The SMILES string of the molecule is N#C/C(C(N)=O)=C1/SC(Cc2ccc(F)cc2)C(=O)N1c1ccc(Br)cc1. The summed E-state index contributed by atoms with van der Waals surface area (Å²) in [6.07, 6.45) is 0.331. The molecule has 0 aliphatic carbocycles. The largest absolute Gasteiger partial charge is 0.365 e. The zero-order valence-electron chi connectivity index (χ0n) is 13.9. The highest BCUT2D eigenvalue weighted by atomic mass is 79.9. The van der Waals surface area contributed by atoms with E-state index in [1.54, 1.807) is 42.5 Å². The molecule has 0 spiro atoms. The van der Waals surface area contributed by atoms with E-state index in [9.17, 15) is 19.2 Å². The van der Waals surface area contributed by atoms with Crippen molar-refractivity contribution in [1.82, 2.24) is 0 Å². The molecular weight excluding hydrogens is 433 g/mol. The molecule has 0 radical (unpaired) electrons. The minimum atomic E-state index is -0.891. The first-order valence-electron chi connectivity index (χ1n) is 7.85. The molecule has 1 unspecified atom stereocenters. The van der Waals surface area contributed by atoms with Gasteiger partial charge in [0, 0.05) is 10.2 Å². The highest BCUT2D eigenvalue weighted by molar-refractivity contribution is 9.10. The minimum Gasteiger partial charge on any atom is -0.365 e. The van der Waals surface area contributed by atoms with Crippen molar-refractivity contribution in [3.8, 4) is 6.07 Å². The molecule has 2 amide bonds. The molecule has 8 heteroatoms. The molecular formula is C19H13BrFN3O2S. The van der Waals surface area contributed by atoms with E-state index in [1.807, 2.05) is 0 Å². The van der Waals surface area contributed by atoms with Crippen LogP contribution in [0.25, 0.3) is 0 Å². The molecule has 136 valence electrons. The van der Waals surface area contributed by atoms with Crippen molar-refractivity contribution >= 4 is 45.2 Å². The van der Waals surface area contributed by atoms with Gasteiger partial charge in [0.25, 0.3) is 5.91 Å². The van der Waals surface area contributed by atoms with Crippen LogP contribution >= 0.6 is 27.7 Å². The van der Waals surface area contributed by atoms with E-state index in [2.05, 4.69) is 15.9 Å². The maximum absolute atomic E-state index is 13.1. The van der Waals surface area contributed by atoms with Crippen LogP contribution in [-0.2, 0) is 16.0 Å². The van der Waals surface area contributed by atoms with Crippen molar-refractivity contribution in [1.29, 1.82) is 5.26 Å². The first kappa shape index (κ1) is 19.1. The van der Waals surface area contributed by atoms with Crippen molar-refractivity contribution in [2.45, 2.75) is 11.7 Å². The number of rotatable bonds is 4. The molecule has 1 aliphatic heterocycles. The zero-order chi connectivity index (χ0) is 19.6. The first-order chi connectivity index (χ1) is 12.9. The molecule has 0 bridgehead atoms.